The normalized spacial score (nSPS) is 12.7. The molecule has 0 aliphatic carbocycles. The molecular weight excluding hydrogens is 458 g/mol. The van der Waals surface area contributed by atoms with E-state index in [9.17, 15) is 10.1 Å². The molecule has 0 saturated carbocycles. The van der Waals surface area contributed by atoms with Crippen molar-refractivity contribution in [1.29, 1.82) is 5.26 Å². The van der Waals surface area contributed by atoms with Gasteiger partial charge in [0.1, 0.15) is 24.1 Å². The number of nitriles is 1. The van der Waals surface area contributed by atoms with Gasteiger partial charge in [-0.3, -0.25) is 9.78 Å². The van der Waals surface area contributed by atoms with Gasteiger partial charge in [-0.2, -0.15) is 5.26 Å². The van der Waals surface area contributed by atoms with E-state index in [2.05, 4.69) is 31.9 Å². The Morgan fingerprint density at radius 1 is 1.22 bits per heavy atom. The first-order valence-corrected chi connectivity index (χ1v) is 11.3. The Kier molecular flexibility index (Phi) is 6.44. The van der Waals surface area contributed by atoms with Crippen molar-refractivity contribution < 1.29 is 14.3 Å². The summed E-state index contributed by atoms with van der Waals surface area (Å²) in [7, 11) is 1.53. The molecule has 1 atom stereocenters. The van der Waals surface area contributed by atoms with Crippen molar-refractivity contribution in [3.8, 4) is 29.0 Å². The number of carbonyl (C=O) groups excluding carboxylic acids is 1. The molecule has 10 nitrogen and oxygen atoms in total. The van der Waals surface area contributed by atoms with Crippen molar-refractivity contribution in [2.75, 3.05) is 19.0 Å². The second-order valence-corrected chi connectivity index (χ2v) is 8.02. The fourth-order valence-electron chi connectivity index (χ4n) is 4.08. The topological polar surface area (TPSA) is 127 Å². The zero-order valence-electron chi connectivity index (χ0n) is 19.5. The van der Waals surface area contributed by atoms with E-state index < -0.39 is 6.04 Å². The number of nitrogens with one attached hydrogen (secondary N) is 2. The van der Waals surface area contributed by atoms with Gasteiger partial charge in [-0.25, -0.2) is 0 Å². The summed E-state index contributed by atoms with van der Waals surface area (Å²) in [6.45, 7) is 1.49. The number of anilines is 1. The molecule has 0 spiro atoms. The first-order valence-electron chi connectivity index (χ1n) is 11.3. The average molecular weight is 482 g/mol. The van der Waals surface area contributed by atoms with Gasteiger partial charge in [0.15, 0.2) is 11.6 Å². The third-order valence-electron chi connectivity index (χ3n) is 5.86. The second-order valence-electron chi connectivity index (χ2n) is 8.02. The van der Waals surface area contributed by atoms with Gasteiger partial charge in [0.05, 0.1) is 38.0 Å². The van der Waals surface area contributed by atoms with Crippen LogP contribution in [-0.2, 0) is 13.1 Å². The molecule has 36 heavy (non-hydrogen) atoms. The lowest BCUT2D eigenvalue weighted by Gasteiger charge is -2.15. The predicted octanol–water partition coefficient (Wildman–Crippen LogP) is 3.35. The van der Waals surface area contributed by atoms with Crippen LogP contribution in [0.15, 0.2) is 67.0 Å². The lowest BCUT2D eigenvalue weighted by atomic mass is 10.1. The van der Waals surface area contributed by atoms with Gasteiger partial charge in [-0.1, -0.05) is 24.3 Å². The van der Waals surface area contributed by atoms with Crippen molar-refractivity contribution >= 4 is 11.6 Å². The Hall–Kier alpha value is -4.91. The minimum atomic E-state index is -0.850. The molecule has 10 heteroatoms. The van der Waals surface area contributed by atoms with E-state index >= 15 is 0 Å². The Labute approximate surface area is 207 Å². The van der Waals surface area contributed by atoms with Crippen molar-refractivity contribution in [2.24, 2.45) is 0 Å². The van der Waals surface area contributed by atoms with E-state index in [4.69, 9.17) is 9.47 Å². The number of aromatic nitrogens is 4. The van der Waals surface area contributed by atoms with Gasteiger partial charge in [-0.05, 0) is 30.3 Å². The number of methoxy groups -OCH3 is 1. The van der Waals surface area contributed by atoms with E-state index in [-0.39, 0.29) is 5.91 Å². The van der Waals surface area contributed by atoms with Crippen molar-refractivity contribution in [3.63, 3.8) is 0 Å². The van der Waals surface area contributed by atoms with Crippen molar-refractivity contribution in [2.45, 2.75) is 19.1 Å². The van der Waals surface area contributed by atoms with Crippen LogP contribution in [0.4, 0.5) is 5.69 Å². The monoisotopic (exact) mass is 481 g/mol. The van der Waals surface area contributed by atoms with Crippen LogP contribution >= 0.6 is 0 Å². The van der Waals surface area contributed by atoms with E-state index in [1.54, 1.807) is 48.8 Å². The van der Waals surface area contributed by atoms with Gasteiger partial charge in [-0.15, -0.1) is 10.2 Å². The maximum absolute atomic E-state index is 12.9. The number of para-hydroxylation sites is 1. The van der Waals surface area contributed by atoms with Crippen LogP contribution in [0.25, 0.3) is 11.4 Å². The Balaban J connectivity index is 1.30. The number of amides is 1. The minimum Gasteiger partial charge on any atom is -0.496 e. The summed E-state index contributed by atoms with van der Waals surface area (Å²) in [4.78, 5) is 17.1. The number of hydrogen-bond donors (Lipinski definition) is 2. The maximum Gasteiger partial charge on any atom is 0.252 e. The molecule has 0 saturated heterocycles. The molecular formula is C26H23N7O3. The highest BCUT2D eigenvalue weighted by molar-refractivity contribution is 5.95. The molecule has 180 valence electrons. The SMILES string of the molecule is COc1ccccc1[C@H](C#N)NC(=O)c1cccc(NCc2nnc3n2CCOc2cnccc2-3)c1. The highest BCUT2D eigenvalue weighted by Gasteiger charge is 2.21. The van der Waals surface area contributed by atoms with E-state index in [1.807, 2.05) is 22.8 Å². The third kappa shape index (κ3) is 4.54. The highest BCUT2D eigenvalue weighted by atomic mass is 16.5. The molecule has 5 rings (SSSR count). The molecule has 2 aromatic heterocycles. The molecule has 1 amide bonds. The first kappa shape index (κ1) is 22.9. The number of nitrogens with zero attached hydrogens (tertiary/aromatic N) is 5. The fourth-order valence-corrected chi connectivity index (χ4v) is 4.08. The van der Waals surface area contributed by atoms with Crippen LogP contribution < -0.4 is 20.1 Å². The summed E-state index contributed by atoms with van der Waals surface area (Å²) in [5, 5.41) is 24.5. The van der Waals surface area contributed by atoms with Gasteiger partial charge < -0.3 is 24.7 Å². The smallest absolute Gasteiger partial charge is 0.252 e. The summed E-state index contributed by atoms with van der Waals surface area (Å²) < 4.78 is 13.1. The molecule has 0 bridgehead atoms. The number of benzene rings is 2. The van der Waals surface area contributed by atoms with Gasteiger partial charge in [0, 0.05) is 23.0 Å². The summed E-state index contributed by atoms with van der Waals surface area (Å²) >= 11 is 0. The number of hydrogen-bond acceptors (Lipinski definition) is 8. The van der Waals surface area contributed by atoms with E-state index in [0.717, 1.165) is 22.9 Å². The second kappa shape index (κ2) is 10.1. The summed E-state index contributed by atoms with van der Waals surface area (Å²) in [6, 6.07) is 17.3. The predicted molar refractivity (Wildman–Crippen MR) is 131 cm³/mol. The molecule has 0 radical (unpaired) electrons. The fraction of sp³-hybridized carbons (Fsp3) is 0.192. The molecule has 4 aromatic rings. The number of fused-ring (bicyclic) bond motifs is 3. The lowest BCUT2D eigenvalue weighted by Crippen LogP contribution is -2.28. The zero-order valence-corrected chi connectivity index (χ0v) is 19.5. The van der Waals surface area contributed by atoms with E-state index in [0.29, 0.717) is 42.3 Å². The Morgan fingerprint density at radius 2 is 2.11 bits per heavy atom. The molecule has 3 heterocycles. The standard InChI is InChI=1S/C26H23N7O3/c1-35-22-8-3-2-7-19(22)21(14-27)30-26(34)17-5-4-6-18(13-17)29-16-24-31-32-25-20-9-10-28-15-23(20)36-12-11-33(24)25/h2-10,13,15,21,29H,11-12,16H2,1H3,(H,30,34)/t21-/m0/s1. The number of ether oxygens (including phenoxy) is 2. The molecule has 0 unspecified atom stereocenters. The van der Waals surface area contributed by atoms with Gasteiger partial charge >= 0.3 is 0 Å². The van der Waals surface area contributed by atoms with Crippen LogP contribution in [-0.4, -0.2) is 39.4 Å². The van der Waals surface area contributed by atoms with Crippen LogP contribution in [0.5, 0.6) is 11.5 Å². The number of carbonyl (C=O) groups is 1. The van der Waals surface area contributed by atoms with Crippen molar-refractivity contribution in [3.05, 3.63) is 83.9 Å². The van der Waals surface area contributed by atoms with Crippen LogP contribution in [0.2, 0.25) is 0 Å². The zero-order chi connectivity index (χ0) is 24.9. The van der Waals surface area contributed by atoms with Crippen LogP contribution in [0.3, 0.4) is 0 Å². The molecule has 2 aromatic carbocycles. The summed E-state index contributed by atoms with van der Waals surface area (Å²) in [6.07, 6.45) is 3.38. The molecule has 1 aliphatic heterocycles. The average Bonchev–Trinajstić information content (AvgIpc) is 3.23. The van der Waals surface area contributed by atoms with Crippen LogP contribution in [0, 0.1) is 11.3 Å². The largest absolute Gasteiger partial charge is 0.496 e. The highest BCUT2D eigenvalue weighted by Crippen LogP contribution is 2.30. The quantitative estimate of drug-likeness (QED) is 0.411. The molecule has 1 aliphatic rings. The molecule has 0 fully saturated rings. The Bertz CT molecular complexity index is 1440. The molecule has 2 N–H and O–H groups in total. The van der Waals surface area contributed by atoms with Gasteiger partial charge in [0.2, 0.25) is 0 Å². The minimum absolute atomic E-state index is 0.366. The Morgan fingerprint density at radius 3 is 2.97 bits per heavy atom. The summed E-state index contributed by atoms with van der Waals surface area (Å²) in [5.41, 5.74) is 2.60. The lowest BCUT2D eigenvalue weighted by molar-refractivity contribution is 0.0945. The van der Waals surface area contributed by atoms with E-state index in [1.165, 1.54) is 7.11 Å². The van der Waals surface area contributed by atoms with Crippen molar-refractivity contribution in [1.82, 2.24) is 25.1 Å². The summed E-state index contributed by atoms with van der Waals surface area (Å²) in [5.74, 6) is 2.33. The first-order chi connectivity index (χ1) is 17.7. The number of pyridine rings is 1. The maximum atomic E-state index is 12.9. The van der Waals surface area contributed by atoms with Gasteiger partial charge in [0.25, 0.3) is 5.91 Å². The number of rotatable bonds is 7. The van der Waals surface area contributed by atoms with Crippen LogP contribution in [0.1, 0.15) is 27.8 Å². The third-order valence-corrected chi connectivity index (χ3v) is 5.86.